The number of rotatable bonds is 6. The number of hydrogen-bond donors (Lipinski definition) is 2. The van der Waals surface area contributed by atoms with Gasteiger partial charge in [0.1, 0.15) is 0 Å². The number of hydrogen-bond acceptors (Lipinski definition) is 5. The first-order valence-electron chi connectivity index (χ1n) is 8.44. The number of nitrogen functional groups attached to an aromatic ring is 1. The van der Waals surface area contributed by atoms with E-state index in [2.05, 4.69) is 46.7 Å². The monoisotopic (exact) mass is 361 g/mol. The average Bonchev–Trinajstić information content (AvgIpc) is 2.94. The normalized spacial score (nSPS) is 12.8. The van der Waals surface area contributed by atoms with Crippen molar-refractivity contribution in [3.63, 3.8) is 0 Å². The van der Waals surface area contributed by atoms with Crippen LogP contribution >= 0.6 is 11.8 Å². The first kappa shape index (κ1) is 19.3. The van der Waals surface area contributed by atoms with Crippen LogP contribution in [0.3, 0.4) is 0 Å². The number of carbonyl (C=O) groups excluding carboxylic acids is 1. The highest BCUT2D eigenvalue weighted by Crippen LogP contribution is 2.23. The van der Waals surface area contributed by atoms with Gasteiger partial charge in [0.15, 0.2) is 5.82 Å². The van der Waals surface area contributed by atoms with Crippen LogP contribution in [0.25, 0.3) is 0 Å². The van der Waals surface area contributed by atoms with Crippen LogP contribution < -0.4 is 11.2 Å². The molecule has 0 aliphatic rings. The lowest BCUT2D eigenvalue weighted by Crippen LogP contribution is -2.28. The predicted octanol–water partition coefficient (Wildman–Crippen LogP) is 2.82. The smallest absolute Gasteiger partial charge is 0.230 e. The molecule has 0 radical (unpaired) electrons. The summed E-state index contributed by atoms with van der Waals surface area (Å²) in [4.78, 5) is 12.2. The Balaban J connectivity index is 1.91. The number of nitrogens with two attached hydrogens (primary N) is 1. The van der Waals surface area contributed by atoms with E-state index in [1.165, 1.54) is 22.0 Å². The van der Waals surface area contributed by atoms with Crippen LogP contribution in [0.15, 0.2) is 29.4 Å². The summed E-state index contributed by atoms with van der Waals surface area (Å²) in [5.74, 6) is 6.92. The van der Waals surface area contributed by atoms with Gasteiger partial charge < -0.3 is 11.2 Å². The highest BCUT2D eigenvalue weighted by atomic mass is 32.2. The third kappa shape index (κ3) is 4.98. The van der Waals surface area contributed by atoms with E-state index in [0.29, 0.717) is 11.0 Å². The SMILES string of the molecule is CCc1ccc(C(C)NC(=O)CSc2nnc(C(C)(C)C)n2N)cc1. The van der Waals surface area contributed by atoms with Crippen molar-refractivity contribution < 1.29 is 4.79 Å². The highest BCUT2D eigenvalue weighted by molar-refractivity contribution is 7.99. The Morgan fingerprint density at radius 2 is 1.92 bits per heavy atom. The van der Waals surface area contributed by atoms with Crippen LogP contribution in [0.4, 0.5) is 0 Å². The lowest BCUT2D eigenvalue weighted by atomic mass is 9.96. The van der Waals surface area contributed by atoms with Gasteiger partial charge in [0.25, 0.3) is 0 Å². The fourth-order valence-corrected chi connectivity index (χ4v) is 3.09. The molecule has 0 aliphatic carbocycles. The van der Waals surface area contributed by atoms with E-state index < -0.39 is 0 Å². The Bertz CT molecular complexity index is 718. The second-order valence-corrected chi connectivity index (χ2v) is 8.04. The number of aromatic nitrogens is 3. The van der Waals surface area contributed by atoms with Crippen molar-refractivity contribution in [1.29, 1.82) is 0 Å². The molecule has 3 N–H and O–H groups in total. The lowest BCUT2D eigenvalue weighted by Gasteiger charge is -2.16. The molecule has 7 heteroatoms. The molecule has 1 unspecified atom stereocenters. The van der Waals surface area contributed by atoms with E-state index >= 15 is 0 Å². The quantitative estimate of drug-likeness (QED) is 0.610. The van der Waals surface area contributed by atoms with E-state index in [4.69, 9.17) is 5.84 Å². The van der Waals surface area contributed by atoms with Crippen molar-refractivity contribution in [2.24, 2.45) is 0 Å². The largest absolute Gasteiger partial charge is 0.349 e. The molecule has 0 saturated heterocycles. The second kappa shape index (κ2) is 7.91. The number of amides is 1. The molecule has 1 aromatic heterocycles. The zero-order valence-electron chi connectivity index (χ0n) is 15.5. The summed E-state index contributed by atoms with van der Waals surface area (Å²) in [6, 6.07) is 8.27. The van der Waals surface area contributed by atoms with Gasteiger partial charge in [-0.1, -0.05) is 63.7 Å². The van der Waals surface area contributed by atoms with Gasteiger partial charge in [0.2, 0.25) is 11.1 Å². The van der Waals surface area contributed by atoms with Crippen molar-refractivity contribution in [2.75, 3.05) is 11.6 Å². The summed E-state index contributed by atoms with van der Waals surface area (Å²) in [5.41, 5.74) is 2.18. The summed E-state index contributed by atoms with van der Waals surface area (Å²) in [5, 5.41) is 11.8. The summed E-state index contributed by atoms with van der Waals surface area (Å²) in [6.45, 7) is 10.2. The van der Waals surface area contributed by atoms with Crippen LogP contribution in [0.5, 0.6) is 0 Å². The number of aryl methyl sites for hydroxylation is 1. The molecular weight excluding hydrogens is 334 g/mol. The van der Waals surface area contributed by atoms with Crippen molar-refractivity contribution >= 4 is 17.7 Å². The molecule has 0 saturated carbocycles. The minimum atomic E-state index is -0.192. The minimum Gasteiger partial charge on any atom is -0.349 e. The summed E-state index contributed by atoms with van der Waals surface area (Å²) < 4.78 is 1.46. The Hall–Kier alpha value is -2.02. The van der Waals surface area contributed by atoms with Crippen LogP contribution in [-0.2, 0) is 16.6 Å². The Morgan fingerprint density at radius 1 is 1.28 bits per heavy atom. The Kier molecular flexibility index (Phi) is 6.11. The van der Waals surface area contributed by atoms with Crippen molar-refractivity contribution in [3.05, 3.63) is 41.2 Å². The zero-order valence-corrected chi connectivity index (χ0v) is 16.4. The number of benzene rings is 1. The summed E-state index contributed by atoms with van der Waals surface area (Å²) in [7, 11) is 0. The van der Waals surface area contributed by atoms with Gasteiger partial charge in [-0.05, 0) is 24.5 Å². The number of nitrogens with one attached hydrogen (secondary N) is 1. The Labute approximate surface area is 153 Å². The van der Waals surface area contributed by atoms with Crippen LogP contribution in [0.2, 0.25) is 0 Å². The number of thioether (sulfide) groups is 1. The first-order valence-corrected chi connectivity index (χ1v) is 9.43. The van der Waals surface area contributed by atoms with Crippen molar-refractivity contribution in [2.45, 2.75) is 57.7 Å². The third-order valence-electron chi connectivity index (χ3n) is 3.93. The molecule has 0 fully saturated rings. The van der Waals surface area contributed by atoms with Gasteiger partial charge >= 0.3 is 0 Å². The Morgan fingerprint density at radius 3 is 2.44 bits per heavy atom. The van der Waals surface area contributed by atoms with Gasteiger partial charge in [-0.3, -0.25) is 4.79 Å². The van der Waals surface area contributed by atoms with E-state index in [-0.39, 0.29) is 23.1 Å². The van der Waals surface area contributed by atoms with Gasteiger partial charge in [-0.15, -0.1) is 10.2 Å². The fraction of sp³-hybridized carbons (Fsp3) is 0.500. The first-order chi connectivity index (χ1) is 11.7. The molecule has 1 aromatic carbocycles. The predicted molar refractivity (Wildman–Crippen MR) is 102 cm³/mol. The topological polar surface area (TPSA) is 85.8 Å². The molecular formula is C18H27N5OS. The van der Waals surface area contributed by atoms with E-state index in [9.17, 15) is 4.79 Å². The molecule has 6 nitrogen and oxygen atoms in total. The molecule has 136 valence electrons. The molecule has 2 rings (SSSR count). The van der Waals surface area contributed by atoms with Gasteiger partial charge in [-0.25, -0.2) is 4.68 Å². The number of nitrogens with zero attached hydrogens (tertiary/aromatic N) is 3. The standard InChI is InChI=1S/C18H27N5OS/c1-6-13-7-9-14(10-8-13)12(2)20-15(24)11-25-17-22-21-16(23(17)19)18(3,4)5/h7-10,12H,6,11,19H2,1-5H3,(H,20,24). The van der Waals surface area contributed by atoms with Gasteiger partial charge in [-0.2, -0.15) is 0 Å². The van der Waals surface area contributed by atoms with Crippen LogP contribution in [0, 0.1) is 0 Å². The second-order valence-electron chi connectivity index (χ2n) is 7.10. The molecule has 25 heavy (non-hydrogen) atoms. The van der Waals surface area contributed by atoms with Crippen molar-refractivity contribution in [3.8, 4) is 0 Å². The molecule has 0 spiro atoms. The van der Waals surface area contributed by atoms with E-state index in [1.807, 2.05) is 27.7 Å². The molecule has 0 bridgehead atoms. The zero-order chi connectivity index (χ0) is 18.6. The maximum absolute atomic E-state index is 12.2. The molecule has 1 heterocycles. The average molecular weight is 362 g/mol. The summed E-state index contributed by atoms with van der Waals surface area (Å²) in [6.07, 6.45) is 1.01. The molecule has 1 amide bonds. The maximum atomic E-state index is 12.2. The lowest BCUT2D eigenvalue weighted by molar-refractivity contribution is -0.119. The third-order valence-corrected chi connectivity index (χ3v) is 4.88. The number of carbonyl (C=O) groups is 1. The van der Waals surface area contributed by atoms with Gasteiger partial charge in [0.05, 0.1) is 11.8 Å². The molecule has 1 atom stereocenters. The minimum absolute atomic E-state index is 0.0418. The fourth-order valence-electron chi connectivity index (χ4n) is 2.43. The van der Waals surface area contributed by atoms with E-state index in [0.717, 1.165) is 12.0 Å². The highest BCUT2D eigenvalue weighted by Gasteiger charge is 2.23. The van der Waals surface area contributed by atoms with Crippen LogP contribution in [-0.4, -0.2) is 26.5 Å². The van der Waals surface area contributed by atoms with E-state index in [1.54, 1.807) is 0 Å². The summed E-state index contributed by atoms with van der Waals surface area (Å²) >= 11 is 1.29. The van der Waals surface area contributed by atoms with Gasteiger partial charge in [0, 0.05) is 5.41 Å². The maximum Gasteiger partial charge on any atom is 0.230 e. The molecule has 2 aromatic rings. The van der Waals surface area contributed by atoms with Crippen LogP contribution in [0.1, 0.15) is 57.6 Å². The van der Waals surface area contributed by atoms with Crippen molar-refractivity contribution in [1.82, 2.24) is 20.2 Å². The molecule has 0 aliphatic heterocycles.